The van der Waals surface area contributed by atoms with Crippen molar-refractivity contribution in [1.29, 1.82) is 0 Å². The molecule has 1 aromatic carbocycles. The molecular formula is C19H19N3O. The van der Waals surface area contributed by atoms with Gasteiger partial charge in [0.25, 0.3) is 0 Å². The number of aromatic nitrogens is 2. The number of imidazole rings is 1. The Bertz CT molecular complexity index is 881. The van der Waals surface area contributed by atoms with Crippen LogP contribution in [0.1, 0.15) is 22.4 Å². The van der Waals surface area contributed by atoms with Gasteiger partial charge in [0, 0.05) is 25.5 Å². The minimum atomic E-state index is 0.153. The van der Waals surface area contributed by atoms with Crippen molar-refractivity contribution in [3.05, 3.63) is 71.2 Å². The average molecular weight is 305 g/mol. The number of hydrogen-bond acceptors (Lipinski definition) is 2. The molecule has 3 heterocycles. The van der Waals surface area contributed by atoms with Gasteiger partial charge in [-0.25, -0.2) is 4.98 Å². The fourth-order valence-electron chi connectivity index (χ4n) is 3.26. The molecule has 23 heavy (non-hydrogen) atoms. The molecule has 3 aromatic rings. The van der Waals surface area contributed by atoms with Gasteiger partial charge in [-0.2, -0.15) is 0 Å². The summed E-state index contributed by atoms with van der Waals surface area (Å²) in [4.78, 5) is 19.2. The number of pyridine rings is 1. The SMILES string of the molecule is Cc1cccn2cc(CC(=O)N3CCc4ccccc4C3)nc12. The quantitative estimate of drug-likeness (QED) is 0.730. The summed E-state index contributed by atoms with van der Waals surface area (Å²) in [7, 11) is 0. The highest BCUT2D eigenvalue weighted by Gasteiger charge is 2.21. The van der Waals surface area contributed by atoms with Gasteiger partial charge in [0.2, 0.25) is 5.91 Å². The third kappa shape index (κ3) is 2.61. The first kappa shape index (κ1) is 14.0. The molecule has 0 bridgehead atoms. The molecule has 116 valence electrons. The zero-order valence-electron chi connectivity index (χ0n) is 13.2. The van der Waals surface area contributed by atoms with Gasteiger partial charge >= 0.3 is 0 Å². The lowest BCUT2D eigenvalue weighted by Crippen LogP contribution is -2.36. The topological polar surface area (TPSA) is 37.6 Å². The van der Waals surface area contributed by atoms with E-state index in [1.807, 2.05) is 46.8 Å². The number of fused-ring (bicyclic) bond motifs is 2. The molecule has 0 atom stereocenters. The van der Waals surface area contributed by atoms with Crippen molar-refractivity contribution in [2.75, 3.05) is 6.54 Å². The number of rotatable bonds is 2. The van der Waals surface area contributed by atoms with E-state index < -0.39 is 0 Å². The normalized spacial score (nSPS) is 14.0. The molecule has 4 rings (SSSR count). The monoisotopic (exact) mass is 305 g/mol. The van der Waals surface area contributed by atoms with E-state index >= 15 is 0 Å². The van der Waals surface area contributed by atoms with Crippen LogP contribution >= 0.6 is 0 Å². The Hall–Kier alpha value is -2.62. The van der Waals surface area contributed by atoms with Crippen LogP contribution in [0.2, 0.25) is 0 Å². The number of aryl methyl sites for hydroxylation is 1. The first-order chi connectivity index (χ1) is 11.2. The summed E-state index contributed by atoms with van der Waals surface area (Å²) in [6.07, 6.45) is 5.23. The average Bonchev–Trinajstić information content (AvgIpc) is 2.98. The van der Waals surface area contributed by atoms with Crippen molar-refractivity contribution in [3.63, 3.8) is 0 Å². The second kappa shape index (κ2) is 5.54. The molecule has 1 aliphatic heterocycles. The van der Waals surface area contributed by atoms with Crippen molar-refractivity contribution >= 4 is 11.6 Å². The molecule has 2 aromatic heterocycles. The van der Waals surface area contributed by atoms with Crippen LogP contribution in [0.3, 0.4) is 0 Å². The van der Waals surface area contributed by atoms with E-state index in [0.717, 1.165) is 29.9 Å². The summed E-state index contributed by atoms with van der Waals surface area (Å²) in [6, 6.07) is 12.4. The van der Waals surface area contributed by atoms with E-state index in [1.165, 1.54) is 11.1 Å². The predicted molar refractivity (Wildman–Crippen MR) is 89.2 cm³/mol. The molecule has 4 heteroatoms. The maximum absolute atomic E-state index is 12.6. The summed E-state index contributed by atoms with van der Waals surface area (Å²) in [6.45, 7) is 3.54. The van der Waals surface area contributed by atoms with E-state index in [0.29, 0.717) is 13.0 Å². The molecule has 0 spiro atoms. The Morgan fingerprint density at radius 2 is 2.00 bits per heavy atom. The van der Waals surface area contributed by atoms with Crippen LogP contribution in [0.4, 0.5) is 0 Å². The summed E-state index contributed by atoms with van der Waals surface area (Å²) in [5.74, 6) is 0.153. The van der Waals surface area contributed by atoms with E-state index in [4.69, 9.17) is 0 Å². The number of benzene rings is 1. The molecule has 0 fully saturated rings. The van der Waals surface area contributed by atoms with Crippen LogP contribution in [0.15, 0.2) is 48.8 Å². The standard InChI is InChI=1S/C19H19N3O/c1-14-5-4-9-22-13-17(20-19(14)22)11-18(23)21-10-8-15-6-2-3-7-16(15)12-21/h2-7,9,13H,8,10-12H2,1H3. The molecule has 0 N–H and O–H groups in total. The second-order valence-corrected chi connectivity index (χ2v) is 6.17. The number of amides is 1. The molecule has 0 unspecified atom stereocenters. The smallest absolute Gasteiger partial charge is 0.228 e. The zero-order chi connectivity index (χ0) is 15.8. The molecule has 0 saturated heterocycles. The summed E-state index contributed by atoms with van der Waals surface area (Å²) < 4.78 is 1.99. The lowest BCUT2D eigenvalue weighted by molar-refractivity contribution is -0.131. The fraction of sp³-hybridized carbons (Fsp3) is 0.263. The molecule has 4 nitrogen and oxygen atoms in total. The van der Waals surface area contributed by atoms with Crippen LogP contribution in [0, 0.1) is 6.92 Å². The molecule has 0 saturated carbocycles. The van der Waals surface area contributed by atoms with Gasteiger partial charge in [0.1, 0.15) is 5.65 Å². The molecule has 1 amide bonds. The predicted octanol–water partition coefficient (Wildman–Crippen LogP) is 2.77. The maximum Gasteiger partial charge on any atom is 0.228 e. The highest BCUT2D eigenvalue weighted by Crippen LogP contribution is 2.19. The Labute approximate surface area is 135 Å². The van der Waals surface area contributed by atoms with Gasteiger partial charge in [-0.1, -0.05) is 30.3 Å². The van der Waals surface area contributed by atoms with Crippen LogP contribution < -0.4 is 0 Å². The molecule has 1 aliphatic rings. The van der Waals surface area contributed by atoms with Gasteiger partial charge in [-0.05, 0) is 36.1 Å². The molecule has 0 radical (unpaired) electrons. The highest BCUT2D eigenvalue weighted by atomic mass is 16.2. The van der Waals surface area contributed by atoms with E-state index in [1.54, 1.807) is 0 Å². The third-order valence-corrected chi connectivity index (χ3v) is 4.54. The van der Waals surface area contributed by atoms with Crippen LogP contribution in [0.5, 0.6) is 0 Å². The number of hydrogen-bond donors (Lipinski definition) is 0. The lowest BCUT2D eigenvalue weighted by Gasteiger charge is -2.28. The number of carbonyl (C=O) groups is 1. The highest BCUT2D eigenvalue weighted by molar-refractivity contribution is 5.79. The van der Waals surface area contributed by atoms with E-state index in [2.05, 4.69) is 23.2 Å². The van der Waals surface area contributed by atoms with Crippen molar-refractivity contribution in [2.24, 2.45) is 0 Å². The third-order valence-electron chi connectivity index (χ3n) is 4.54. The Morgan fingerprint density at radius 1 is 1.17 bits per heavy atom. The van der Waals surface area contributed by atoms with E-state index in [9.17, 15) is 4.79 Å². The van der Waals surface area contributed by atoms with Crippen molar-refractivity contribution in [2.45, 2.75) is 26.3 Å². The van der Waals surface area contributed by atoms with Crippen molar-refractivity contribution in [1.82, 2.24) is 14.3 Å². The van der Waals surface area contributed by atoms with Crippen LogP contribution in [-0.2, 0) is 24.2 Å². The summed E-state index contributed by atoms with van der Waals surface area (Å²) >= 11 is 0. The minimum absolute atomic E-state index is 0.153. The Morgan fingerprint density at radius 3 is 2.83 bits per heavy atom. The van der Waals surface area contributed by atoms with Gasteiger partial charge in [-0.3, -0.25) is 4.79 Å². The van der Waals surface area contributed by atoms with E-state index in [-0.39, 0.29) is 5.91 Å². The first-order valence-electron chi connectivity index (χ1n) is 7.98. The summed E-state index contributed by atoms with van der Waals surface area (Å²) in [5.41, 5.74) is 5.51. The van der Waals surface area contributed by atoms with Crippen LogP contribution in [0.25, 0.3) is 5.65 Å². The van der Waals surface area contributed by atoms with Gasteiger partial charge in [0.05, 0.1) is 12.1 Å². The fourth-order valence-corrected chi connectivity index (χ4v) is 3.26. The van der Waals surface area contributed by atoms with Gasteiger partial charge in [0.15, 0.2) is 0 Å². The largest absolute Gasteiger partial charge is 0.338 e. The Balaban J connectivity index is 1.52. The molecular weight excluding hydrogens is 286 g/mol. The minimum Gasteiger partial charge on any atom is -0.338 e. The first-order valence-corrected chi connectivity index (χ1v) is 7.98. The van der Waals surface area contributed by atoms with Crippen LogP contribution in [-0.4, -0.2) is 26.7 Å². The van der Waals surface area contributed by atoms with Gasteiger partial charge in [-0.15, -0.1) is 0 Å². The van der Waals surface area contributed by atoms with Gasteiger partial charge < -0.3 is 9.30 Å². The van der Waals surface area contributed by atoms with Crippen molar-refractivity contribution < 1.29 is 4.79 Å². The maximum atomic E-state index is 12.6. The van der Waals surface area contributed by atoms with Crippen molar-refractivity contribution in [3.8, 4) is 0 Å². The lowest BCUT2D eigenvalue weighted by atomic mass is 10.00. The summed E-state index contributed by atoms with van der Waals surface area (Å²) in [5, 5.41) is 0. The number of nitrogens with zero attached hydrogens (tertiary/aromatic N) is 3. The number of carbonyl (C=O) groups excluding carboxylic acids is 1. The zero-order valence-corrected chi connectivity index (χ0v) is 13.2. The molecule has 0 aliphatic carbocycles. The Kier molecular flexibility index (Phi) is 3.37. The second-order valence-electron chi connectivity index (χ2n) is 6.17.